The summed E-state index contributed by atoms with van der Waals surface area (Å²) in [5.41, 5.74) is 7.81. The Bertz CT molecular complexity index is 710. The van der Waals surface area contributed by atoms with Crippen LogP contribution < -0.4 is 16.4 Å². The molecule has 160 valence electrons. The Morgan fingerprint density at radius 1 is 1.11 bits per heavy atom. The van der Waals surface area contributed by atoms with Crippen LogP contribution in [0.3, 0.4) is 0 Å². The molecule has 3 rings (SSSR count). The fourth-order valence-electron chi connectivity index (χ4n) is 3.74. The van der Waals surface area contributed by atoms with Crippen molar-refractivity contribution in [1.29, 1.82) is 0 Å². The lowest BCUT2D eigenvalue weighted by Gasteiger charge is -2.27. The smallest absolute Gasteiger partial charge is 0.227 e. The number of imidazole rings is 1. The first-order chi connectivity index (χ1) is 12.7. The second-order valence-corrected chi connectivity index (χ2v) is 7.37. The molecular formula is C19H35Cl2N7. The number of anilines is 2. The van der Waals surface area contributed by atoms with Crippen molar-refractivity contribution in [3.8, 4) is 0 Å². The topological polar surface area (TPSA) is 93.7 Å². The molecule has 0 aliphatic heterocycles. The molecular weight excluding hydrogens is 397 g/mol. The number of hydrogen-bond donors (Lipinski definition) is 3. The van der Waals surface area contributed by atoms with Gasteiger partial charge in [-0.2, -0.15) is 9.97 Å². The maximum absolute atomic E-state index is 6.03. The maximum atomic E-state index is 6.03. The summed E-state index contributed by atoms with van der Waals surface area (Å²) in [7, 11) is 0. The average molecular weight is 432 g/mol. The van der Waals surface area contributed by atoms with Crippen molar-refractivity contribution < 1.29 is 0 Å². The van der Waals surface area contributed by atoms with E-state index >= 15 is 0 Å². The highest BCUT2D eigenvalue weighted by atomic mass is 35.5. The predicted octanol–water partition coefficient (Wildman–Crippen LogP) is 4.53. The number of halogens is 2. The van der Waals surface area contributed by atoms with E-state index in [1.165, 1.54) is 0 Å². The Morgan fingerprint density at radius 2 is 1.79 bits per heavy atom. The molecule has 0 amide bonds. The number of nitrogens with zero attached hydrogens (tertiary/aromatic N) is 4. The predicted molar refractivity (Wildman–Crippen MR) is 122 cm³/mol. The summed E-state index contributed by atoms with van der Waals surface area (Å²) in [5, 5.41) is 6.97. The molecule has 0 atom stereocenters. The van der Waals surface area contributed by atoms with Crippen LogP contribution in [0.15, 0.2) is 6.33 Å². The van der Waals surface area contributed by atoms with Gasteiger partial charge in [0.15, 0.2) is 17.0 Å². The number of nitrogens with two attached hydrogens (primary N) is 1. The number of rotatable bonds is 8. The van der Waals surface area contributed by atoms with Gasteiger partial charge in [-0.1, -0.05) is 20.8 Å². The number of aromatic nitrogens is 4. The second kappa shape index (κ2) is 11.6. The number of fused-ring (bicyclic) bond motifs is 1. The summed E-state index contributed by atoms with van der Waals surface area (Å²) in [6.45, 7) is 7.45. The standard InChI is InChI=1S/C19H33N7.2ClH/c1-4-11-21-17-16-18(26(12-22-16)15(5-2)6-3)25-19(24-17)23-14-9-7-13(20)8-10-14;;/h12-15H,4-11,20H2,1-3H3,(H2,21,23,24,25);2*1H. The highest BCUT2D eigenvalue weighted by molar-refractivity contribution is 5.86. The third-order valence-electron chi connectivity index (χ3n) is 5.40. The minimum Gasteiger partial charge on any atom is -0.368 e. The van der Waals surface area contributed by atoms with Gasteiger partial charge >= 0.3 is 0 Å². The molecule has 9 heteroatoms. The van der Waals surface area contributed by atoms with Crippen LogP contribution in [-0.2, 0) is 0 Å². The normalized spacial score (nSPS) is 19.2. The molecule has 1 aliphatic rings. The minimum atomic E-state index is 0. The van der Waals surface area contributed by atoms with Crippen molar-refractivity contribution in [2.45, 2.75) is 83.8 Å². The maximum Gasteiger partial charge on any atom is 0.227 e. The van der Waals surface area contributed by atoms with E-state index in [1.54, 1.807) is 0 Å². The van der Waals surface area contributed by atoms with E-state index in [-0.39, 0.29) is 24.8 Å². The third kappa shape index (κ3) is 5.61. The van der Waals surface area contributed by atoms with Crippen molar-refractivity contribution in [3.05, 3.63) is 6.33 Å². The largest absolute Gasteiger partial charge is 0.368 e. The van der Waals surface area contributed by atoms with E-state index in [9.17, 15) is 0 Å². The van der Waals surface area contributed by atoms with E-state index in [0.29, 0.717) is 24.1 Å². The van der Waals surface area contributed by atoms with Crippen LogP contribution in [0.5, 0.6) is 0 Å². The molecule has 1 fully saturated rings. The summed E-state index contributed by atoms with van der Waals surface area (Å²) in [6, 6.07) is 1.15. The molecule has 0 saturated heterocycles. The lowest BCUT2D eigenvalue weighted by Crippen LogP contribution is -2.33. The van der Waals surface area contributed by atoms with Gasteiger partial charge in [0, 0.05) is 24.7 Å². The van der Waals surface area contributed by atoms with Crippen LogP contribution in [0.25, 0.3) is 11.2 Å². The molecule has 2 aromatic rings. The van der Waals surface area contributed by atoms with Crippen LogP contribution in [0.2, 0.25) is 0 Å². The van der Waals surface area contributed by atoms with Crippen molar-refractivity contribution in [2.24, 2.45) is 5.73 Å². The van der Waals surface area contributed by atoms with E-state index < -0.39 is 0 Å². The summed E-state index contributed by atoms with van der Waals surface area (Å²) in [4.78, 5) is 14.2. The van der Waals surface area contributed by atoms with Gasteiger partial charge in [-0.15, -0.1) is 24.8 Å². The molecule has 0 spiro atoms. The van der Waals surface area contributed by atoms with Gasteiger partial charge < -0.3 is 20.9 Å². The quantitative estimate of drug-likeness (QED) is 0.567. The molecule has 0 radical (unpaired) electrons. The molecule has 28 heavy (non-hydrogen) atoms. The monoisotopic (exact) mass is 431 g/mol. The number of nitrogens with one attached hydrogen (secondary N) is 2. The fourth-order valence-corrected chi connectivity index (χ4v) is 3.74. The van der Waals surface area contributed by atoms with Crippen molar-refractivity contribution in [1.82, 2.24) is 19.5 Å². The van der Waals surface area contributed by atoms with Gasteiger partial charge in [0.05, 0.1) is 6.33 Å². The SMILES string of the molecule is CCCNc1nc(NC2CCC(N)CC2)nc2c1ncn2C(CC)CC.Cl.Cl. The Kier molecular flexibility index (Phi) is 10.3. The lowest BCUT2D eigenvalue weighted by atomic mass is 9.92. The van der Waals surface area contributed by atoms with Crippen LogP contribution >= 0.6 is 24.8 Å². The zero-order valence-corrected chi connectivity index (χ0v) is 18.8. The first-order valence-electron chi connectivity index (χ1n) is 10.2. The molecule has 1 saturated carbocycles. The summed E-state index contributed by atoms with van der Waals surface area (Å²) in [6.07, 6.45) is 9.36. The lowest BCUT2D eigenvalue weighted by molar-refractivity contribution is 0.410. The zero-order chi connectivity index (χ0) is 18.5. The average Bonchev–Trinajstić information content (AvgIpc) is 3.07. The van der Waals surface area contributed by atoms with Gasteiger partial charge in [-0.3, -0.25) is 0 Å². The van der Waals surface area contributed by atoms with Crippen LogP contribution in [-0.4, -0.2) is 38.1 Å². The van der Waals surface area contributed by atoms with E-state index in [1.807, 2.05) is 6.33 Å². The van der Waals surface area contributed by atoms with E-state index in [2.05, 4.69) is 41.0 Å². The molecule has 1 aliphatic carbocycles. The van der Waals surface area contributed by atoms with Crippen LogP contribution in [0.4, 0.5) is 11.8 Å². The minimum absolute atomic E-state index is 0. The van der Waals surface area contributed by atoms with Gasteiger partial charge in [0.1, 0.15) is 0 Å². The summed E-state index contributed by atoms with van der Waals surface area (Å²) >= 11 is 0. The molecule has 2 aromatic heterocycles. The highest BCUT2D eigenvalue weighted by Crippen LogP contribution is 2.27. The summed E-state index contributed by atoms with van der Waals surface area (Å²) in [5.74, 6) is 1.53. The Labute approximate surface area is 180 Å². The summed E-state index contributed by atoms with van der Waals surface area (Å²) < 4.78 is 2.20. The number of hydrogen-bond acceptors (Lipinski definition) is 6. The Morgan fingerprint density at radius 3 is 2.39 bits per heavy atom. The first-order valence-corrected chi connectivity index (χ1v) is 10.2. The first kappa shape index (κ1) is 24.7. The van der Waals surface area contributed by atoms with Crippen molar-refractivity contribution >= 4 is 47.7 Å². The molecule has 2 heterocycles. The highest BCUT2D eigenvalue weighted by Gasteiger charge is 2.21. The molecule has 0 bridgehead atoms. The van der Waals surface area contributed by atoms with Gasteiger partial charge in [-0.05, 0) is 44.9 Å². The van der Waals surface area contributed by atoms with E-state index in [0.717, 1.165) is 68.5 Å². The Hall–Kier alpha value is -1.31. The van der Waals surface area contributed by atoms with Crippen molar-refractivity contribution in [2.75, 3.05) is 17.2 Å². The second-order valence-electron chi connectivity index (χ2n) is 7.37. The van der Waals surface area contributed by atoms with Gasteiger partial charge in [-0.25, -0.2) is 4.98 Å². The molecule has 7 nitrogen and oxygen atoms in total. The van der Waals surface area contributed by atoms with Gasteiger partial charge in [0.25, 0.3) is 0 Å². The fraction of sp³-hybridized carbons (Fsp3) is 0.737. The van der Waals surface area contributed by atoms with Crippen LogP contribution in [0.1, 0.15) is 71.8 Å². The van der Waals surface area contributed by atoms with Crippen LogP contribution in [0, 0.1) is 0 Å². The van der Waals surface area contributed by atoms with Gasteiger partial charge in [0.2, 0.25) is 5.95 Å². The molecule has 0 aromatic carbocycles. The molecule has 4 N–H and O–H groups in total. The zero-order valence-electron chi connectivity index (χ0n) is 17.1. The van der Waals surface area contributed by atoms with Crippen molar-refractivity contribution in [3.63, 3.8) is 0 Å². The molecule has 0 unspecified atom stereocenters. The third-order valence-corrected chi connectivity index (χ3v) is 5.40. The Balaban J connectivity index is 0.00000196. The van der Waals surface area contributed by atoms with E-state index in [4.69, 9.17) is 15.7 Å².